The van der Waals surface area contributed by atoms with Gasteiger partial charge in [-0.1, -0.05) is 29.5 Å². The number of para-hydroxylation sites is 1. The molecule has 0 unspecified atom stereocenters. The molecule has 19 heavy (non-hydrogen) atoms. The van der Waals surface area contributed by atoms with Crippen LogP contribution in [0.1, 0.15) is 16.2 Å². The Hall–Kier alpha value is -2.76. The SMILES string of the molecule is O=C(O)c1cn(Cc2ccc3ccccc3n2)nn1. The van der Waals surface area contributed by atoms with Gasteiger partial charge in [-0.2, -0.15) is 0 Å². The molecule has 0 radical (unpaired) electrons. The van der Waals surface area contributed by atoms with E-state index in [1.54, 1.807) is 0 Å². The largest absolute Gasteiger partial charge is 0.476 e. The number of carbonyl (C=O) groups is 1. The van der Waals surface area contributed by atoms with E-state index in [0.717, 1.165) is 16.6 Å². The standard InChI is InChI=1S/C13H10N4O2/c18-13(19)12-8-17(16-15-12)7-10-6-5-9-3-1-2-4-11(9)14-10/h1-6,8H,7H2,(H,18,19). The van der Waals surface area contributed by atoms with Crippen molar-refractivity contribution in [3.05, 3.63) is 54.0 Å². The van der Waals surface area contributed by atoms with Crippen LogP contribution in [0.15, 0.2) is 42.6 Å². The third kappa shape index (κ3) is 2.28. The highest BCUT2D eigenvalue weighted by atomic mass is 16.4. The molecule has 1 aromatic carbocycles. The Bertz CT molecular complexity index is 751. The summed E-state index contributed by atoms with van der Waals surface area (Å²) in [5, 5.41) is 17.2. The van der Waals surface area contributed by atoms with E-state index < -0.39 is 5.97 Å². The number of pyridine rings is 1. The van der Waals surface area contributed by atoms with Gasteiger partial charge in [0.1, 0.15) is 0 Å². The molecule has 6 heteroatoms. The monoisotopic (exact) mass is 254 g/mol. The molecule has 0 aliphatic rings. The first-order valence-electron chi connectivity index (χ1n) is 5.70. The second-order valence-corrected chi connectivity index (χ2v) is 4.10. The normalized spacial score (nSPS) is 10.7. The summed E-state index contributed by atoms with van der Waals surface area (Å²) in [6, 6.07) is 11.7. The first kappa shape index (κ1) is 11.3. The molecule has 0 bridgehead atoms. The van der Waals surface area contributed by atoms with E-state index in [1.807, 2.05) is 36.4 Å². The highest BCUT2D eigenvalue weighted by Gasteiger charge is 2.08. The molecule has 94 valence electrons. The van der Waals surface area contributed by atoms with Crippen LogP contribution in [-0.4, -0.2) is 31.1 Å². The van der Waals surface area contributed by atoms with E-state index in [1.165, 1.54) is 10.9 Å². The summed E-state index contributed by atoms with van der Waals surface area (Å²) < 4.78 is 1.46. The topological polar surface area (TPSA) is 80.9 Å². The number of nitrogens with zero attached hydrogens (tertiary/aromatic N) is 4. The number of fused-ring (bicyclic) bond motifs is 1. The number of hydrogen-bond acceptors (Lipinski definition) is 4. The minimum atomic E-state index is -1.09. The predicted octanol–water partition coefficient (Wildman–Crippen LogP) is 1.57. The van der Waals surface area contributed by atoms with E-state index in [0.29, 0.717) is 6.54 Å². The zero-order chi connectivity index (χ0) is 13.2. The molecule has 0 spiro atoms. The molecular formula is C13H10N4O2. The minimum absolute atomic E-state index is 0.0687. The lowest BCUT2D eigenvalue weighted by atomic mass is 10.2. The number of aromatic nitrogens is 4. The zero-order valence-electron chi connectivity index (χ0n) is 9.89. The van der Waals surface area contributed by atoms with Crippen LogP contribution in [0, 0.1) is 0 Å². The molecule has 1 N–H and O–H groups in total. The number of aromatic carboxylic acids is 1. The van der Waals surface area contributed by atoms with Crippen molar-refractivity contribution >= 4 is 16.9 Å². The Labute approximate surface area is 108 Å². The van der Waals surface area contributed by atoms with E-state index in [2.05, 4.69) is 15.3 Å². The van der Waals surface area contributed by atoms with Crippen molar-refractivity contribution in [2.45, 2.75) is 6.54 Å². The highest BCUT2D eigenvalue weighted by Crippen LogP contribution is 2.12. The molecule has 0 amide bonds. The van der Waals surface area contributed by atoms with Crippen LogP contribution in [0.5, 0.6) is 0 Å². The molecule has 0 aliphatic heterocycles. The highest BCUT2D eigenvalue weighted by molar-refractivity contribution is 5.84. The summed E-state index contributed by atoms with van der Waals surface area (Å²) >= 11 is 0. The Kier molecular flexibility index (Phi) is 2.68. The van der Waals surface area contributed by atoms with E-state index in [4.69, 9.17) is 5.11 Å². The molecule has 0 saturated carbocycles. The zero-order valence-corrected chi connectivity index (χ0v) is 9.89. The van der Waals surface area contributed by atoms with Crippen molar-refractivity contribution in [1.82, 2.24) is 20.0 Å². The van der Waals surface area contributed by atoms with Gasteiger partial charge in [0.15, 0.2) is 5.69 Å². The first-order chi connectivity index (χ1) is 9.22. The van der Waals surface area contributed by atoms with Crippen LogP contribution in [0.25, 0.3) is 10.9 Å². The van der Waals surface area contributed by atoms with Gasteiger partial charge in [0, 0.05) is 5.39 Å². The molecule has 3 rings (SSSR count). The fraction of sp³-hybridized carbons (Fsp3) is 0.0769. The molecule has 3 aromatic rings. The number of carboxylic acid groups (broad SMARTS) is 1. The fourth-order valence-corrected chi connectivity index (χ4v) is 1.84. The van der Waals surface area contributed by atoms with Gasteiger partial charge in [-0.25, -0.2) is 9.48 Å². The van der Waals surface area contributed by atoms with Crippen molar-refractivity contribution in [2.24, 2.45) is 0 Å². The summed E-state index contributed by atoms with van der Waals surface area (Å²) in [7, 11) is 0. The first-order valence-corrected chi connectivity index (χ1v) is 5.70. The average molecular weight is 254 g/mol. The number of carboxylic acids is 1. The smallest absolute Gasteiger partial charge is 0.358 e. The Balaban J connectivity index is 1.89. The molecule has 2 heterocycles. The molecular weight excluding hydrogens is 244 g/mol. The van der Waals surface area contributed by atoms with Crippen LogP contribution in [-0.2, 0) is 6.54 Å². The Morgan fingerprint density at radius 2 is 2.05 bits per heavy atom. The average Bonchev–Trinajstić information content (AvgIpc) is 2.87. The number of rotatable bonds is 3. The third-order valence-electron chi connectivity index (χ3n) is 2.74. The van der Waals surface area contributed by atoms with Crippen LogP contribution >= 0.6 is 0 Å². The summed E-state index contributed by atoms with van der Waals surface area (Å²) in [5.74, 6) is -1.09. The predicted molar refractivity (Wildman–Crippen MR) is 67.8 cm³/mol. The fourth-order valence-electron chi connectivity index (χ4n) is 1.84. The van der Waals surface area contributed by atoms with Gasteiger partial charge in [-0.05, 0) is 12.1 Å². The van der Waals surface area contributed by atoms with Crippen molar-refractivity contribution < 1.29 is 9.90 Å². The maximum absolute atomic E-state index is 10.7. The summed E-state index contributed by atoms with van der Waals surface area (Å²) in [5.41, 5.74) is 1.64. The van der Waals surface area contributed by atoms with Crippen LogP contribution in [0.2, 0.25) is 0 Å². The second kappa shape index (κ2) is 4.49. The summed E-state index contributed by atoms with van der Waals surface area (Å²) in [4.78, 5) is 15.2. The van der Waals surface area contributed by atoms with Gasteiger partial charge in [0.25, 0.3) is 0 Å². The van der Waals surface area contributed by atoms with E-state index >= 15 is 0 Å². The maximum atomic E-state index is 10.7. The number of benzene rings is 1. The minimum Gasteiger partial charge on any atom is -0.476 e. The summed E-state index contributed by atoms with van der Waals surface area (Å²) in [6.45, 7) is 0.394. The lowest BCUT2D eigenvalue weighted by Crippen LogP contribution is -2.02. The molecule has 2 aromatic heterocycles. The molecule has 6 nitrogen and oxygen atoms in total. The summed E-state index contributed by atoms with van der Waals surface area (Å²) in [6.07, 6.45) is 1.39. The second-order valence-electron chi connectivity index (χ2n) is 4.10. The molecule has 0 atom stereocenters. The lowest BCUT2D eigenvalue weighted by molar-refractivity contribution is 0.0690. The van der Waals surface area contributed by atoms with Gasteiger partial charge < -0.3 is 5.11 Å². The van der Waals surface area contributed by atoms with Gasteiger partial charge in [-0.3, -0.25) is 4.98 Å². The van der Waals surface area contributed by atoms with Crippen LogP contribution in [0.3, 0.4) is 0 Å². The number of hydrogen-bond donors (Lipinski definition) is 1. The Morgan fingerprint density at radius 1 is 1.21 bits per heavy atom. The van der Waals surface area contributed by atoms with Gasteiger partial charge >= 0.3 is 5.97 Å². The van der Waals surface area contributed by atoms with Crippen molar-refractivity contribution in [1.29, 1.82) is 0 Å². The molecule has 0 aliphatic carbocycles. The lowest BCUT2D eigenvalue weighted by Gasteiger charge is -2.02. The van der Waals surface area contributed by atoms with Crippen molar-refractivity contribution in [3.8, 4) is 0 Å². The van der Waals surface area contributed by atoms with Gasteiger partial charge in [-0.15, -0.1) is 5.10 Å². The van der Waals surface area contributed by atoms with Crippen molar-refractivity contribution in [2.75, 3.05) is 0 Å². The van der Waals surface area contributed by atoms with Crippen LogP contribution in [0.4, 0.5) is 0 Å². The molecule has 0 fully saturated rings. The third-order valence-corrected chi connectivity index (χ3v) is 2.74. The Morgan fingerprint density at radius 3 is 2.84 bits per heavy atom. The maximum Gasteiger partial charge on any atom is 0.358 e. The van der Waals surface area contributed by atoms with E-state index in [9.17, 15) is 4.79 Å². The van der Waals surface area contributed by atoms with Crippen molar-refractivity contribution in [3.63, 3.8) is 0 Å². The van der Waals surface area contributed by atoms with Crippen LogP contribution < -0.4 is 0 Å². The quantitative estimate of drug-likeness (QED) is 0.767. The van der Waals surface area contributed by atoms with Gasteiger partial charge in [0.2, 0.25) is 0 Å². The van der Waals surface area contributed by atoms with E-state index in [-0.39, 0.29) is 5.69 Å². The molecule has 0 saturated heterocycles. The van der Waals surface area contributed by atoms with Gasteiger partial charge in [0.05, 0.1) is 24.0 Å².